The van der Waals surface area contributed by atoms with Crippen LogP contribution in [-0.4, -0.2) is 59.0 Å². The van der Waals surface area contributed by atoms with Crippen LogP contribution in [0.4, 0.5) is 40.3 Å². The SMILES string of the molecule is CCN(c1cccc(C)c1)c1nc(Cl)nc(Nc2ccc(Nc3cc(S(=O)(=O)O)c(N)c4c3C(=O)c3ccccc3C4=O)c(S(=O)(=O)O)c2)n1. The molecule has 15 nitrogen and oxygen atoms in total. The fourth-order valence-electron chi connectivity index (χ4n) is 5.55. The van der Waals surface area contributed by atoms with E-state index in [1.165, 1.54) is 36.4 Å². The highest BCUT2D eigenvalue weighted by atomic mass is 35.5. The zero-order valence-electron chi connectivity index (χ0n) is 26.0. The van der Waals surface area contributed by atoms with Crippen molar-refractivity contribution in [3.63, 3.8) is 0 Å². The van der Waals surface area contributed by atoms with Crippen molar-refractivity contribution >= 4 is 83.7 Å². The number of ketones is 2. The van der Waals surface area contributed by atoms with Crippen LogP contribution >= 0.6 is 11.6 Å². The van der Waals surface area contributed by atoms with E-state index in [0.29, 0.717) is 6.54 Å². The molecule has 4 aromatic carbocycles. The van der Waals surface area contributed by atoms with Gasteiger partial charge in [0.2, 0.25) is 17.2 Å². The second kappa shape index (κ2) is 12.8. The van der Waals surface area contributed by atoms with Gasteiger partial charge in [0.25, 0.3) is 20.2 Å². The largest absolute Gasteiger partial charge is 0.397 e. The zero-order chi connectivity index (χ0) is 36.1. The molecule has 0 bridgehead atoms. The van der Waals surface area contributed by atoms with Crippen LogP contribution in [-0.2, 0) is 20.2 Å². The van der Waals surface area contributed by atoms with Crippen molar-refractivity contribution in [2.75, 3.05) is 27.8 Å². The molecule has 18 heteroatoms. The van der Waals surface area contributed by atoms with Gasteiger partial charge < -0.3 is 21.3 Å². The number of anilines is 7. The molecule has 0 saturated heterocycles. The molecule has 1 aliphatic carbocycles. The van der Waals surface area contributed by atoms with Crippen molar-refractivity contribution in [1.82, 2.24) is 15.0 Å². The van der Waals surface area contributed by atoms with Crippen LogP contribution in [0.15, 0.2) is 82.6 Å². The molecular formula is C32H26ClN7O8S2. The van der Waals surface area contributed by atoms with Gasteiger partial charge in [-0.25, -0.2) is 0 Å². The number of nitrogens with two attached hydrogens (primary N) is 1. The van der Waals surface area contributed by atoms with E-state index in [4.69, 9.17) is 17.3 Å². The molecule has 0 spiro atoms. The number of hydrogen-bond donors (Lipinski definition) is 5. The number of nitrogen functional groups attached to an aromatic ring is 1. The van der Waals surface area contributed by atoms with Crippen molar-refractivity contribution in [2.45, 2.75) is 23.6 Å². The summed E-state index contributed by atoms with van der Waals surface area (Å²) in [6.45, 7) is 4.28. The monoisotopic (exact) mass is 735 g/mol. The lowest BCUT2D eigenvalue weighted by Crippen LogP contribution is -2.25. The summed E-state index contributed by atoms with van der Waals surface area (Å²) in [5, 5.41) is 5.31. The van der Waals surface area contributed by atoms with Crippen LogP contribution in [0.25, 0.3) is 0 Å². The number of nitrogens with one attached hydrogen (secondary N) is 2. The summed E-state index contributed by atoms with van der Waals surface area (Å²) in [4.78, 5) is 40.1. The molecule has 0 atom stereocenters. The molecule has 1 aliphatic rings. The Morgan fingerprint density at radius 2 is 1.44 bits per heavy atom. The Hall–Kier alpha value is -5.46. The summed E-state index contributed by atoms with van der Waals surface area (Å²) >= 11 is 6.23. The predicted octanol–water partition coefficient (Wildman–Crippen LogP) is 5.33. The van der Waals surface area contributed by atoms with E-state index in [-0.39, 0.29) is 50.9 Å². The van der Waals surface area contributed by atoms with Gasteiger partial charge in [0, 0.05) is 29.0 Å². The first-order valence-corrected chi connectivity index (χ1v) is 17.9. The number of hydrogen-bond acceptors (Lipinski definition) is 13. The maximum Gasteiger partial charge on any atom is 0.296 e. The predicted molar refractivity (Wildman–Crippen MR) is 185 cm³/mol. The van der Waals surface area contributed by atoms with Gasteiger partial charge in [0.05, 0.1) is 28.2 Å². The topological polar surface area (TPSA) is 235 Å². The molecule has 256 valence electrons. The normalized spacial score (nSPS) is 12.7. The smallest absolute Gasteiger partial charge is 0.296 e. The molecule has 0 unspecified atom stereocenters. The van der Waals surface area contributed by atoms with Gasteiger partial charge >= 0.3 is 0 Å². The van der Waals surface area contributed by atoms with E-state index in [1.54, 1.807) is 4.90 Å². The minimum atomic E-state index is -5.05. The Morgan fingerprint density at radius 3 is 2.06 bits per heavy atom. The Kier molecular flexibility index (Phi) is 8.79. The van der Waals surface area contributed by atoms with Crippen LogP contribution < -0.4 is 21.3 Å². The van der Waals surface area contributed by atoms with E-state index in [1.807, 2.05) is 38.1 Å². The Balaban J connectivity index is 1.43. The molecule has 0 aliphatic heterocycles. The molecule has 1 aromatic heterocycles. The zero-order valence-corrected chi connectivity index (χ0v) is 28.4. The van der Waals surface area contributed by atoms with E-state index in [9.17, 15) is 35.5 Å². The average Bonchev–Trinajstić information content (AvgIpc) is 3.04. The number of aromatic nitrogens is 3. The second-order valence-corrected chi connectivity index (χ2v) is 14.1. The fourth-order valence-corrected chi connectivity index (χ4v) is 7.02. The van der Waals surface area contributed by atoms with E-state index < -0.39 is 52.8 Å². The lowest BCUT2D eigenvalue weighted by molar-refractivity contribution is 0.0980. The first-order valence-electron chi connectivity index (χ1n) is 14.6. The summed E-state index contributed by atoms with van der Waals surface area (Å²) in [6, 6.07) is 17.7. The maximum atomic E-state index is 13.7. The van der Waals surface area contributed by atoms with Crippen LogP contribution in [0.2, 0.25) is 5.28 Å². The van der Waals surface area contributed by atoms with Crippen molar-refractivity contribution in [3.8, 4) is 0 Å². The first kappa shape index (κ1) is 34.4. The molecule has 6 rings (SSSR count). The molecule has 0 radical (unpaired) electrons. The van der Waals surface area contributed by atoms with Crippen LogP contribution in [0.1, 0.15) is 44.3 Å². The van der Waals surface area contributed by atoms with Crippen LogP contribution in [0.3, 0.4) is 0 Å². The van der Waals surface area contributed by atoms with Gasteiger partial charge in [0.1, 0.15) is 9.79 Å². The van der Waals surface area contributed by atoms with Crippen LogP contribution in [0, 0.1) is 6.92 Å². The summed E-state index contributed by atoms with van der Waals surface area (Å²) < 4.78 is 70.1. The van der Waals surface area contributed by atoms with Gasteiger partial charge in [0.15, 0.2) is 11.6 Å². The van der Waals surface area contributed by atoms with Gasteiger partial charge in [-0.1, -0.05) is 36.4 Å². The molecule has 50 heavy (non-hydrogen) atoms. The first-order chi connectivity index (χ1) is 23.6. The molecule has 6 N–H and O–H groups in total. The number of nitrogens with zero attached hydrogens (tertiary/aromatic N) is 4. The molecule has 0 saturated carbocycles. The van der Waals surface area contributed by atoms with Crippen LogP contribution in [0.5, 0.6) is 0 Å². The fraction of sp³-hybridized carbons (Fsp3) is 0.0938. The van der Waals surface area contributed by atoms with E-state index in [0.717, 1.165) is 23.4 Å². The highest BCUT2D eigenvalue weighted by Crippen LogP contribution is 2.41. The molecule has 5 aromatic rings. The molecule has 1 heterocycles. The van der Waals surface area contributed by atoms with E-state index >= 15 is 0 Å². The number of carbonyl (C=O) groups excluding carboxylic acids is 2. The summed E-state index contributed by atoms with van der Waals surface area (Å²) in [6.07, 6.45) is 0. The minimum Gasteiger partial charge on any atom is -0.397 e. The number of halogens is 1. The highest BCUT2D eigenvalue weighted by Gasteiger charge is 2.37. The van der Waals surface area contributed by atoms with Gasteiger partial charge in [-0.05, 0) is 67.4 Å². The molecule has 0 fully saturated rings. The van der Waals surface area contributed by atoms with Gasteiger partial charge in [-0.3, -0.25) is 18.7 Å². The minimum absolute atomic E-state index is 0.0129. The standard InChI is InChI=1S/C32H26ClN7O8S2/c1-3-40(18-8-6-7-16(2)13-18)32-38-30(33)37-31(39-32)35-17-11-12-21(23(14-17)49(43,44)45)36-22-15-24(50(46,47)48)27(34)26-25(22)28(41)19-9-4-5-10-20(19)29(26)42/h4-15,36H,3,34H2,1-2H3,(H,43,44,45)(H,46,47,48)(H,35,37,38,39). The second-order valence-electron chi connectivity index (χ2n) is 11.0. The van der Waals surface area contributed by atoms with Crippen molar-refractivity contribution in [2.24, 2.45) is 0 Å². The Morgan fingerprint density at radius 1 is 0.780 bits per heavy atom. The van der Waals surface area contributed by atoms with Gasteiger partial charge in [-0.15, -0.1) is 0 Å². The van der Waals surface area contributed by atoms with Crippen molar-refractivity contribution in [3.05, 3.63) is 106 Å². The van der Waals surface area contributed by atoms with Gasteiger partial charge in [-0.2, -0.15) is 31.8 Å². The third-order valence-corrected chi connectivity index (χ3v) is 9.69. The Bertz CT molecular complexity index is 2480. The summed E-state index contributed by atoms with van der Waals surface area (Å²) in [7, 11) is -10.1. The number of aryl methyl sites for hydroxylation is 1. The third kappa shape index (κ3) is 6.47. The number of benzene rings is 4. The molecule has 0 amide bonds. The lowest BCUT2D eigenvalue weighted by Gasteiger charge is -2.24. The highest BCUT2D eigenvalue weighted by molar-refractivity contribution is 7.86. The number of rotatable bonds is 9. The number of fused-ring (bicyclic) bond motifs is 2. The summed E-state index contributed by atoms with van der Waals surface area (Å²) in [5.41, 5.74) is 5.55. The maximum absolute atomic E-state index is 13.7. The van der Waals surface area contributed by atoms with Crippen molar-refractivity contribution in [1.29, 1.82) is 0 Å². The number of carbonyl (C=O) groups is 2. The Labute approximate surface area is 290 Å². The quantitative estimate of drug-likeness (QED) is 0.0932. The summed E-state index contributed by atoms with van der Waals surface area (Å²) in [5.74, 6) is -1.40. The lowest BCUT2D eigenvalue weighted by atomic mass is 9.82. The third-order valence-electron chi connectivity index (χ3n) is 7.73. The van der Waals surface area contributed by atoms with E-state index in [2.05, 4.69) is 25.6 Å². The molecular weight excluding hydrogens is 710 g/mol. The van der Waals surface area contributed by atoms with Crippen molar-refractivity contribution < 1.29 is 35.5 Å². The average molecular weight is 736 g/mol.